The predicted molar refractivity (Wildman–Crippen MR) is 73.8 cm³/mol. The average Bonchev–Trinajstić information content (AvgIpc) is 2.41. The van der Waals surface area contributed by atoms with Crippen LogP contribution in [0.2, 0.25) is 0 Å². The Morgan fingerprint density at radius 2 is 2.10 bits per heavy atom. The summed E-state index contributed by atoms with van der Waals surface area (Å²) >= 11 is 0. The molecule has 20 heavy (non-hydrogen) atoms. The molecule has 0 fully saturated rings. The Labute approximate surface area is 115 Å². The zero-order chi connectivity index (χ0) is 14.7. The molecule has 0 amide bonds. The van der Waals surface area contributed by atoms with Crippen LogP contribution in [0.15, 0.2) is 18.2 Å². The second kappa shape index (κ2) is 5.32. The lowest BCUT2D eigenvalue weighted by molar-refractivity contribution is 0.318. The predicted octanol–water partition coefficient (Wildman–Crippen LogP) is 1.28. The fourth-order valence-electron chi connectivity index (χ4n) is 1.75. The highest BCUT2D eigenvalue weighted by atomic mass is 16.5. The number of rotatable bonds is 3. The van der Waals surface area contributed by atoms with Crippen LogP contribution in [-0.2, 0) is 0 Å². The van der Waals surface area contributed by atoms with Crippen molar-refractivity contribution >= 4 is 11.8 Å². The van der Waals surface area contributed by atoms with Crippen LogP contribution in [0.1, 0.15) is 12.5 Å². The highest BCUT2D eigenvalue weighted by molar-refractivity contribution is 5.74. The first-order chi connectivity index (χ1) is 9.56. The number of nitriles is 1. The van der Waals surface area contributed by atoms with Crippen LogP contribution in [0.4, 0.5) is 11.8 Å². The molecule has 0 aliphatic heterocycles. The third kappa shape index (κ3) is 2.40. The van der Waals surface area contributed by atoms with Crippen LogP contribution in [-0.4, -0.2) is 21.7 Å². The number of phenolic OH excluding ortho intramolecular Hbond substituents is 1. The van der Waals surface area contributed by atoms with Crippen molar-refractivity contribution in [1.29, 1.82) is 5.26 Å². The number of aromatic nitrogens is 2. The highest BCUT2D eigenvalue weighted by Crippen LogP contribution is 2.33. The SMILES string of the molecule is CCOc1cc(-c2nc(N)nc(N)c2C#N)ccc1O. The van der Waals surface area contributed by atoms with Gasteiger partial charge >= 0.3 is 0 Å². The van der Waals surface area contributed by atoms with E-state index in [9.17, 15) is 5.11 Å². The molecule has 0 spiro atoms. The van der Waals surface area contributed by atoms with Gasteiger partial charge in [-0.05, 0) is 25.1 Å². The van der Waals surface area contributed by atoms with Gasteiger partial charge in [-0.2, -0.15) is 10.2 Å². The van der Waals surface area contributed by atoms with Gasteiger partial charge in [0.05, 0.1) is 12.3 Å². The first kappa shape index (κ1) is 13.4. The molecule has 2 aromatic rings. The van der Waals surface area contributed by atoms with Crippen LogP contribution in [0.5, 0.6) is 11.5 Å². The maximum absolute atomic E-state index is 9.68. The summed E-state index contributed by atoms with van der Waals surface area (Å²) in [7, 11) is 0. The van der Waals surface area contributed by atoms with Gasteiger partial charge in [-0.15, -0.1) is 0 Å². The van der Waals surface area contributed by atoms with Gasteiger partial charge in [0.2, 0.25) is 5.95 Å². The van der Waals surface area contributed by atoms with Crippen molar-refractivity contribution in [3.8, 4) is 28.8 Å². The van der Waals surface area contributed by atoms with Gasteiger partial charge in [0, 0.05) is 5.56 Å². The lowest BCUT2D eigenvalue weighted by atomic mass is 10.1. The largest absolute Gasteiger partial charge is 0.504 e. The smallest absolute Gasteiger partial charge is 0.222 e. The van der Waals surface area contributed by atoms with Crippen molar-refractivity contribution < 1.29 is 9.84 Å². The number of nitrogens with two attached hydrogens (primary N) is 2. The minimum absolute atomic E-state index is 0.00380. The van der Waals surface area contributed by atoms with E-state index in [1.165, 1.54) is 6.07 Å². The van der Waals surface area contributed by atoms with Crippen LogP contribution in [0.3, 0.4) is 0 Å². The molecule has 0 aliphatic carbocycles. The van der Waals surface area contributed by atoms with Crippen molar-refractivity contribution in [3.05, 3.63) is 23.8 Å². The summed E-state index contributed by atoms with van der Waals surface area (Å²) in [6.45, 7) is 2.20. The average molecular weight is 271 g/mol. The van der Waals surface area contributed by atoms with Gasteiger partial charge in [-0.1, -0.05) is 0 Å². The second-order valence-electron chi connectivity index (χ2n) is 3.92. The normalized spacial score (nSPS) is 10.0. The number of aromatic hydroxyl groups is 1. The zero-order valence-electron chi connectivity index (χ0n) is 10.8. The summed E-state index contributed by atoms with van der Waals surface area (Å²) in [5.74, 6) is 0.289. The maximum atomic E-state index is 9.68. The minimum atomic E-state index is -0.0254. The molecular formula is C13H13N5O2. The Balaban J connectivity index is 2.63. The molecule has 7 nitrogen and oxygen atoms in total. The van der Waals surface area contributed by atoms with Gasteiger partial charge in [-0.25, -0.2) is 4.98 Å². The summed E-state index contributed by atoms with van der Waals surface area (Å²) in [6.07, 6.45) is 0. The molecule has 0 bridgehead atoms. The summed E-state index contributed by atoms with van der Waals surface area (Å²) in [5, 5.41) is 18.8. The van der Waals surface area contributed by atoms with Crippen molar-refractivity contribution in [1.82, 2.24) is 9.97 Å². The molecular weight excluding hydrogens is 258 g/mol. The summed E-state index contributed by atoms with van der Waals surface area (Å²) < 4.78 is 5.29. The van der Waals surface area contributed by atoms with E-state index < -0.39 is 0 Å². The van der Waals surface area contributed by atoms with E-state index in [0.29, 0.717) is 23.6 Å². The van der Waals surface area contributed by atoms with Crippen LogP contribution >= 0.6 is 0 Å². The molecule has 1 heterocycles. The molecule has 2 rings (SSSR count). The summed E-state index contributed by atoms with van der Waals surface area (Å²) in [5.41, 5.74) is 12.2. The number of phenols is 1. The monoisotopic (exact) mass is 271 g/mol. The summed E-state index contributed by atoms with van der Waals surface area (Å²) in [4.78, 5) is 7.78. The number of nitrogen functional groups attached to an aromatic ring is 2. The molecule has 1 aromatic heterocycles. The number of benzene rings is 1. The standard InChI is InChI=1S/C13H13N5O2/c1-2-20-10-5-7(3-4-9(10)19)11-8(6-14)12(15)18-13(16)17-11/h3-5,19H,2H2,1H3,(H4,15,16,17,18). The molecule has 7 heteroatoms. The van der Waals surface area contributed by atoms with Crippen molar-refractivity contribution in [2.24, 2.45) is 0 Å². The van der Waals surface area contributed by atoms with E-state index in [0.717, 1.165) is 0 Å². The van der Waals surface area contributed by atoms with Gasteiger partial charge in [-0.3, -0.25) is 0 Å². The lowest BCUT2D eigenvalue weighted by Gasteiger charge is -2.10. The van der Waals surface area contributed by atoms with Crippen molar-refractivity contribution in [3.63, 3.8) is 0 Å². The molecule has 0 saturated heterocycles. The fourth-order valence-corrected chi connectivity index (χ4v) is 1.75. The molecule has 102 valence electrons. The van der Waals surface area contributed by atoms with E-state index in [1.807, 2.05) is 6.07 Å². The third-order valence-corrected chi connectivity index (χ3v) is 2.60. The first-order valence-corrected chi connectivity index (χ1v) is 5.86. The Bertz CT molecular complexity index is 694. The van der Waals surface area contributed by atoms with E-state index in [2.05, 4.69) is 9.97 Å². The van der Waals surface area contributed by atoms with E-state index >= 15 is 0 Å². The summed E-state index contributed by atoms with van der Waals surface area (Å²) in [6, 6.07) is 6.57. The molecule has 0 radical (unpaired) electrons. The van der Waals surface area contributed by atoms with Crippen LogP contribution < -0.4 is 16.2 Å². The number of anilines is 2. The first-order valence-electron chi connectivity index (χ1n) is 5.86. The number of hydrogen-bond donors (Lipinski definition) is 3. The molecule has 1 aromatic carbocycles. The van der Waals surface area contributed by atoms with E-state index in [4.69, 9.17) is 21.5 Å². The topological polar surface area (TPSA) is 131 Å². The van der Waals surface area contributed by atoms with Crippen LogP contribution in [0, 0.1) is 11.3 Å². The number of nitrogens with zero attached hydrogens (tertiary/aromatic N) is 3. The molecule has 0 atom stereocenters. The Morgan fingerprint density at radius 1 is 1.35 bits per heavy atom. The minimum Gasteiger partial charge on any atom is -0.504 e. The molecule has 0 saturated carbocycles. The maximum Gasteiger partial charge on any atom is 0.222 e. The van der Waals surface area contributed by atoms with Gasteiger partial charge < -0.3 is 21.3 Å². The Hall–Kier alpha value is -3.01. The fraction of sp³-hybridized carbons (Fsp3) is 0.154. The Kier molecular flexibility index (Phi) is 3.57. The van der Waals surface area contributed by atoms with Crippen LogP contribution in [0.25, 0.3) is 11.3 Å². The van der Waals surface area contributed by atoms with Crippen molar-refractivity contribution in [2.45, 2.75) is 6.92 Å². The van der Waals surface area contributed by atoms with Gasteiger partial charge in [0.25, 0.3) is 0 Å². The van der Waals surface area contributed by atoms with Gasteiger partial charge in [0.1, 0.15) is 17.5 Å². The highest BCUT2D eigenvalue weighted by Gasteiger charge is 2.15. The number of hydrogen-bond acceptors (Lipinski definition) is 7. The number of ether oxygens (including phenoxy) is 1. The van der Waals surface area contributed by atoms with Gasteiger partial charge in [0.15, 0.2) is 11.5 Å². The molecule has 0 unspecified atom stereocenters. The quantitative estimate of drug-likeness (QED) is 0.766. The zero-order valence-corrected chi connectivity index (χ0v) is 10.8. The lowest BCUT2D eigenvalue weighted by Crippen LogP contribution is -2.05. The second-order valence-corrected chi connectivity index (χ2v) is 3.92. The van der Waals surface area contributed by atoms with Crippen molar-refractivity contribution in [2.75, 3.05) is 18.1 Å². The third-order valence-electron chi connectivity index (χ3n) is 2.60. The molecule has 0 aliphatic rings. The molecule has 5 N–H and O–H groups in total. The van der Waals surface area contributed by atoms with E-state index in [1.54, 1.807) is 19.1 Å². The Morgan fingerprint density at radius 3 is 2.75 bits per heavy atom. The van der Waals surface area contributed by atoms with E-state index in [-0.39, 0.29) is 23.1 Å².